The van der Waals surface area contributed by atoms with Gasteiger partial charge in [0.15, 0.2) is 0 Å². The van der Waals surface area contributed by atoms with Gasteiger partial charge in [-0.1, -0.05) is 0 Å². The molecule has 1 amide bonds. The van der Waals surface area contributed by atoms with Crippen LogP contribution in [0.3, 0.4) is 0 Å². The summed E-state index contributed by atoms with van der Waals surface area (Å²) in [5.74, 6) is 0.487. The molecular formula is C12H15BrN4O2. The number of hydrogen-bond donors (Lipinski definition) is 1. The van der Waals surface area contributed by atoms with Gasteiger partial charge in [0.2, 0.25) is 0 Å². The number of ether oxygens (including phenoxy) is 1. The maximum atomic E-state index is 11.9. The normalized spacial score (nSPS) is 11.6. The summed E-state index contributed by atoms with van der Waals surface area (Å²) in [5, 5.41) is 7.77. The first kappa shape index (κ1) is 13.8. The number of anilines is 1. The fourth-order valence-electron chi connectivity index (χ4n) is 1.47. The monoisotopic (exact) mass is 326 g/mol. The van der Waals surface area contributed by atoms with Crippen LogP contribution in [0.4, 0.5) is 10.6 Å². The van der Waals surface area contributed by atoms with E-state index in [1.807, 2.05) is 20.8 Å². The van der Waals surface area contributed by atoms with Crippen molar-refractivity contribution in [1.82, 2.24) is 15.2 Å². The van der Waals surface area contributed by atoms with E-state index < -0.39 is 11.7 Å². The summed E-state index contributed by atoms with van der Waals surface area (Å²) in [6.07, 6.45) is 1.20. The molecule has 0 spiro atoms. The van der Waals surface area contributed by atoms with Crippen molar-refractivity contribution in [3.05, 3.63) is 16.9 Å². The minimum absolute atomic E-state index is 0.450. The molecule has 7 heteroatoms. The van der Waals surface area contributed by atoms with Gasteiger partial charge < -0.3 is 4.74 Å². The second kappa shape index (κ2) is 4.80. The summed E-state index contributed by atoms with van der Waals surface area (Å²) in [6, 6.07) is 1.72. The first-order chi connectivity index (χ1) is 8.78. The van der Waals surface area contributed by atoms with Gasteiger partial charge in [-0.3, -0.25) is 10.00 Å². The zero-order chi connectivity index (χ0) is 14.2. The lowest BCUT2D eigenvalue weighted by Crippen LogP contribution is -2.34. The molecule has 0 aliphatic rings. The number of rotatable bonds is 1. The second-order valence-electron chi connectivity index (χ2n) is 5.14. The number of halogens is 1. The smallest absolute Gasteiger partial charge is 0.415 e. The van der Waals surface area contributed by atoms with Crippen molar-refractivity contribution < 1.29 is 9.53 Å². The van der Waals surface area contributed by atoms with E-state index in [4.69, 9.17) is 4.74 Å². The van der Waals surface area contributed by atoms with Gasteiger partial charge in [0, 0.05) is 19.3 Å². The third-order valence-electron chi connectivity index (χ3n) is 2.39. The number of fused-ring (bicyclic) bond motifs is 1. The zero-order valence-corrected chi connectivity index (χ0v) is 12.8. The lowest BCUT2D eigenvalue weighted by molar-refractivity contribution is 0.0588. The van der Waals surface area contributed by atoms with E-state index in [2.05, 4.69) is 31.1 Å². The van der Waals surface area contributed by atoms with Crippen LogP contribution in [-0.4, -0.2) is 33.9 Å². The van der Waals surface area contributed by atoms with Crippen LogP contribution in [0.1, 0.15) is 20.8 Å². The van der Waals surface area contributed by atoms with Crippen molar-refractivity contribution in [3.63, 3.8) is 0 Å². The lowest BCUT2D eigenvalue weighted by atomic mass is 10.2. The van der Waals surface area contributed by atoms with Gasteiger partial charge in [0.25, 0.3) is 0 Å². The van der Waals surface area contributed by atoms with Crippen molar-refractivity contribution in [3.8, 4) is 0 Å². The molecule has 2 aromatic rings. The zero-order valence-electron chi connectivity index (χ0n) is 11.2. The summed E-state index contributed by atoms with van der Waals surface area (Å²) in [5.41, 5.74) is 0.192. The number of aromatic nitrogens is 3. The highest BCUT2D eigenvalue weighted by Crippen LogP contribution is 2.23. The number of pyridine rings is 1. The fraction of sp³-hybridized carbons (Fsp3) is 0.417. The number of nitrogens with zero attached hydrogens (tertiary/aromatic N) is 3. The highest BCUT2D eigenvalue weighted by Gasteiger charge is 2.21. The van der Waals surface area contributed by atoms with Crippen LogP contribution < -0.4 is 4.90 Å². The molecule has 6 nitrogen and oxygen atoms in total. The van der Waals surface area contributed by atoms with E-state index in [1.54, 1.807) is 19.3 Å². The number of carbonyl (C=O) groups excluding carboxylic acids is 1. The molecule has 0 saturated carbocycles. The molecule has 0 saturated heterocycles. The highest BCUT2D eigenvalue weighted by atomic mass is 79.9. The van der Waals surface area contributed by atoms with Crippen LogP contribution in [0.15, 0.2) is 16.9 Å². The minimum atomic E-state index is -0.537. The van der Waals surface area contributed by atoms with E-state index in [9.17, 15) is 4.79 Å². The molecule has 19 heavy (non-hydrogen) atoms. The third-order valence-corrected chi connectivity index (χ3v) is 2.99. The van der Waals surface area contributed by atoms with Gasteiger partial charge in [0.1, 0.15) is 16.0 Å². The second-order valence-corrected chi connectivity index (χ2v) is 5.93. The van der Waals surface area contributed by atoms with Crippen molar-refractivity contribution >= 4 is 38.7 Å². The van der Waals surface area contributed by atoms with E-state index >= 15 is 0 Å². The summed E-state index contributed by atoms with van der Waals surface area (Å²) in [7, 11) is 1.62. The Hall–Kier alpha value is -1.63. The molecule has 0 fully saturated rings. The largest absolute Gasteiger partial charge is 0.443 e. The number of carbonyl (C=O) groups is 1. The molecule has 0 aliphatic heterocycles. The Labute approximate surface area is 119 Å². The predicted octanol–water partition coefficient (Wildman–Crippen LogP) is 3.09. The first-order valence-electron chi connectivity index (χ1n) is 5.74. The van der Waals surface area contributed by atoms with Crippen LogP contribution >= 0.6 is 15.9 Å². The Morgan fingerprint density at radius 2 is 2.16 bits per heavy atom. The quantitative estimate of drug-likeness (QED) is 0.874. The van der Waals surface area contributed by atoms with Crippen molar-refractivity contribution in [2.45, 2.75) is 26.4 Å². The van der Waals surface area contributed by atoms with Crippen molar-refractivity contribution in [1.29, 1.82) is 0 Å². The Kier molecular flexibility index (Phi) is 3.49. The van der Waals surface area contributed by atoms with Crippen molar-refractivity contribution in [2.75, 3.05) is 11.9 Å². The molecule has 0 aromatic carbocycles. The molecule has 0 bridgehead atoms. The van der Waals surface area contributed by atoms with Gasteiger partial charge in [-0.05, 0) is 36.7 Å². The van der Waals surface area contributed by atoms with Crippen LogP contribution in [0.2, 0.25) is 0 Å². The number of nitrogens with one attached hydrogen (secondary N) is 1. The van der Waals surface area contributed by atoms with E-state index in [-0.39, 0.29) is 0 Å². The molecule has 0 radical (unpaired) electrons. The molecule has 0 unspecified atom stereocenters. The highest BCUT2D eigenvalue weighted by molar-refractivity contribution is 9.10. The fourth-order valence-corrected chi connectivity index (χ4v) is 1.87. The first-order valence-corrected chi connectivity index (χ1v) is 6.53. The van der Waals surface area contributed by atoms with Gasteiger partial charge in [-0.2, -0.15) is 5.10 Å². The summed E-state index contributed by atoms with van der Waals surface area (Å²) >= 11 is 3.33. The minimum Gasteiger partial charge on any atom is -0.443 e. The Morgan fingerprint density at radius 1 is 1.47 bits per heavy atom. The van der Waals surface area contributed by atoms with Crippen molar-refractivity contribution in [2.24, 2.45) is 0 Å². The Bertz CT molecular complexity index is 618. The maximum absolute atomic E-state index is 11.9. The van der Waals surface area contributed by atoms with Gasteiger partial charge >= 0.3 is 6.09 Å². The molecule has 0 aliphatic carbocycles. The number of aromatic amines is 1. The molecule has 0 atom stereocenters. The summed E-state index contributed by atoms with van der Waals surface area (Å²) < 4.78 is 6.05. The lowest BCUT2D eigenvalue weighted by Gasteiger charge is -2.24. The predicted molar refractivity (Wildman–Crippen MR) is 76.2 cm³/mol. The SMILES string of the molecule is CN(C(=O)OC(C)(C)C)c1cc2n[nH]c(Br)c2cn1. The molecule has 102 valence electrons. The number of amides is 1. The third kappa shape index (κ3) is 3.04. The van der Waals surface area contributed by atoms with Crippen LogP contribution in [-0.2, 0) is 4.74 Å². The molecular weight excluding hydrogens is 312 g/mol. The Balaban J connectivity index is 2.26. The average Bonchev–Trinajstić information content (AvgIpc) is 2.67. The van der Waals surface area contributed by atoms with Crippen LogP contribution in [0.25, 0.3) is 10.9 Å². The maximum Gasteiger partial charge on any atom is 0.415 e. The number of hydrogen-bond acceptors (Lipinski definition) is 4. The average molecular weight is 327 g/mol. The van der Waals surface area contributed by atoms with Gasteiger partial charge in [-0.15, -0.1) is 0 Å². The van der Waals surface area contributed by atoms with Crippen LogP contribution in [0.5, 0.6) is 0 Å². The Morgan fingerprint density at radius 3 is 2.79 bits per heavy atom. The molecule has 1 N–H and O–H groups in total. The number of H-pyrrole nitrogens is 1. The van der Waals surface area contributed by atoms with Gasteiger partial charge in [0.05, 0.1) is 10.9 Å². The molecule has 2 aromatic heterocycles. The van der Waals surface area contributed by atoms with Gasteiger partial charge in [-0.25, -0.2) is 9.78 Å². The molecule has 2 heterocycles. The van der Waals surface area contributed by atoms with Crippen LogP contribution in [0, 0.1) is 0 Å². The van der Waals surface area contributed by atoms with E-state index in [1.165, 1.54) is 4.90 Å². The topological polar surface area (TPSA) is 71.1 Å². The molecule has 2 rings (SSSR count). The summed E-state index contributed by atoms with van der Waals surface area (Å²) in [4.78, 5) is 17.5. The summed E-state index contributed by atoms with van der Waals surface area (Å²) in [6.45, 7) is 5.46. The standard InChI is InChI=1S/C12H15BrN4O2/c1-12(2,3)19-11(18)17(4)9-5-8-7(6-14-9)10(13)16-15-8/h5-6H,1-4H3,(H,15,16). The van der Waals surface area contributed by atoms with E-state index in [0.29, 0.717) is 5.82 Å². The van der Waals surface area contributed by atoms with E-state index in [0.717, 1.165) is 15.5 Å².